The van der Waals surface area contributed by atoms with Crippen molar-refractivity contribution in [3.63, 3.8) is 0 Å². The molecule has 0 atom stereocenters. The minimum absolute atomic E-state index is 0.0658. The second kappa shape index (κ2) is 5.39. The summed E-state index contributed by atoms with van der Waals surface area (Å²) in [6.07, 6.45) is 0. The van der Waals surface area contributed by atoms with Gasteiger partial charge in [0.25, 0.3) is 0 Å². The highest BCUT2D eigenvalue weighted by atomic mass is 32.2. The monoisotopic (exact) mass is 247 g/mol. The van der Waals surface area contributed by atoms with E-state index in [1.807, 2.05) is 0 Å². The molecule has 1 N–H and O–H groups in total. The molecule has 0 aromatic heterocycles. The van der Waals surface area contributed by atoms with E-state index in [1.165, 1.54) is 0 Å². The molecule has 0 spiro atoms. The molecule has 0 saturated carbocycles. The van der Waals surface area contributed by atoms with E-state index >= 15 is 0 Å². The van der Waals surface area contributed by atoms with Crippen molar-refractivity contribution >= 4 is 28.4 Å². The Hall–Kier alpha value is -0.720. The normalized spacial score (nSPS) is 11.3. The third-order valence-electron chi connectivity index (χ3n) is 1.93. The predicted molar refractivity (Wildman–Crippen MR) is 63.0 cm³/mol. The zero-order valence-corrected chi connectivity index (χ0v) is 10.0. The first-order valence-corrected chi connectivity index (χ1v) is 6.39. The summed E-state index contributed by atoms with van der Waals surface area (Å²) in [7, 11) is -1.53. The fourth-order valence-electron chi connectivity index (χ4n) is 1.11. The molecule has 1 aromatic rings. The Morgan fingerprint density at radius 2 is 2.20 bits per heavy atom. The maximum absolute atomic E-state index is 11.7. The molecule has 0 unspecified atom stereocenters. The maximum atomic E-state index is 11.7. The summed E-state index contributed by atoms with van der Waals surface area (Å²) in [6, 6.07) is 6.65. The Balaban J connectivity index is 2.94. The first-order valence-electron chi connectivity index (χ1n) is 4.37. The molecule has 0 radical (unpaired) electrons. The van der Waals surface area contributed by atoms with Crippen LogP contribution < -0.4 is 5.32 Å². The van der Waals surface area contributed by atoms with Crippen molar-refractivity contribution < 1.29 is 12.6 Å². The lowest BCUT2D eigenvalue weighted by molar-refractivity contribution is 0.409. The van der Waals surface area contributed by atoms with Crippen LogP contribution in [0.4, 0.5) is 5.69 Å². The summed E-state index contributed by atoms with van der Waals surface area (Å²) in [5.41, 5.74) is 0.767. The van der Waals surface area contributed by atoms with Gasteiger partial charge in [0.05, 0.1) is 17.3 Å². The van der Waals surface area contributed by atoms with Crippen LogP contribution in [-0.4, -0.2) is 27.8 Å². The van der Waals surface area contributed by atoms with E-state index in [1.54, 1.807) is 31.3 Å². The molecule has 0 saturated heterocycles. The van der Waals surface area contributed by atoms with Crippen molar-refractivity contribution in [3.8, 4) is 0 Å². The number of rotatable bonds is 5. The van der Waals surface area contributed by atoms with Gasteiger partial charge >= 0.3 is 0 Å². The SMILES string of the molecule is CNc1cccc(S(=O)(=O)CCOS)c1. The van der Waals surface area contributed by atoms with Gasteiger partial charge in [0, 0.05) is 12.7 Å². The number of hydrogen-bond acceptors (Lipinski definition) is 5. The molecule has 0 aliphatic heterocycles. The number of sulfone groups is 1. The lowest BCUT2D eigenvalue weighted by atomic mass is 10.3. The highest BCUT2D eigenvalue weighted by molar-refractivity contribution is 7.91. The van der Waals surface area contributed by atoms with Gasteiger partial charge in [-0.1, -0.05) is 6.07 Å². The number of benzene rings is 1. The van der Waals surface area contributed by atoms with Gasteiger partial charge in [-0.2, -0.15) is 0 Å². The summed E-state index contributed by atoms with van der Waals surface area (Å²) in [5.74, 6) is -0.0658. The number of thiol groups is 1. The molecule has 0 fully saturated rings. The molecule has 15 heavy (non-hydrogen) atoms. The first-order chi connectivity index (χ1) is 7.10. The van der Waals surface area contributed by atoms with E-state index in [9.17, 15) is 8.42 Å². The molecule has 0 aliphatic rings. The summed E-state index contributed by atoms with van der Waals surface area (Å²) >= 11 is 3.51. The van der Waals surface area contributed by atoms with Gasteiger partial charge in [0.1, 0.15) is 0 Å². The summed E-state index contributed by atoms with van der Waals surface area (Å²) in [6.45, 7) is 0.0786. The van der Waals surface area contributed by atoms with E-state index in [-0.39, 0.29) is 12.4 Å². The molecule has 84 valence electrons. The van der Waals surface area contributed by atoms with Crippen LogP contribution in [0.5, 0.6) is 0 Å². The van der Waals surface area contributed by atoms with Crippen LogP contribution in [0.2, 0.25) is 0 Å². The number of nitrogens with one attached hydrogen (secondary N) is 1. The quantitative estimate of drug-likeness (QED) is 0.609. The van der Waals surface area contributed by atoms with Crippen LogP contribution in [0, 0.1) is 0 Å². The minimum Gasteiger partial charge on any atom is -0.388 e. The number of hydrogen-bond donors (Lipinski definition) is 2. The molecule has 4 nitrogen and oxygen atoms in total. The average Bonchev–Trinajstić information content (AvgIpc) is 2.26. The third-order valence-corrected chi connectivity index (χ3v) is 3.78. The van der Waals surface area contributed by atoms with Crippen molar-refractivity contribution in [1.82, 2.24) is 0 Å². The Morgan fingerprint density at radius 3 is 2.80 bits per heavy atom. The van der Waals surface area contributed by atoms with Crippen molar-refractivity contribution in [2.75, 3.05) is 24.7 Å². The smallest absolute Gasteiger partial charge is 0.180 e. The Morgan fingerprint density at radius 1 is 1.47 bits per heavy atom. The fourth-order valence-corrected chi connectivity index (χ4v) is 2.46. The Bertz CT molecular complexity index is 417. The van der Waals surface area contributed by atoms with E-state index in [2.05, 4.69) is 22.4 Å². The molecule has 6 heteroatoms. The average molecular weight is 247 g/mol. The molecule has 0 amide bonds. The van der Waals surface area contributed by atoms with Crippen LogP contribution in [0.1, 0.15) is 0 Å². The van der Waals surface area contributed by atoms with Crippen LogP contribution in [0.3, 0.4) is 0 Å². The van der Waals surface area contributed by atoms with E-state index in [0.29, 0.717) is 4.90 Å². The fraction of sp³-hybridized carbons (Fsp3) is 0.333. The molecule has 1 aromatic carbocycles. The van der Waals surface area contributed by atoms with Crippen LogP contribution in [0.15, 0.2) is 29.2 Å². The van der Waals surface area contributed by atoms with Crippen LogP contribution in [-0.2, 0) is 14.0 Å². The summed E-state index contributed by atoms with van der Waals surface area (Å²) < 4.78 is 27.9. The van der Waals surface area contributed by atoms with Crippen molar-refractivity contribution in [2.24, 2.45) is 0 Å². The molecular weight excluding hydrogens is 234 g/mol. The lowest BCUT2D eigenvalue weighted by Crippen LogP contribution is -2.10. The highest BCUT2D eigenvalue weighted by Crippen LogP contribution is 2.16. The van der Waals surface area contributed by atoms with Gasteiger partial charge in [0.2, 0.25) is 0 Å². The minimum atomic E-state index is -3.27. The molecule has 0 heterocycles. The summed E-state index contributed by atoms with van der Waals surface area (Å²) in [4.78, 5) is 0.291. The largest absolute Gasteiger partial charge is 0.388 e. The standard InChI is InChI=1S/C9H13NO3S2/c1-10-8-3-2-4-9(7-8)15(11,12)6-5-13-14/h2-4,7,10,14H,5-6H2,1H3. The van der Waals surface area contributed by atoms with Crippen molar-refractivity contribution in [1.29, 1.82) is 0 Å². The zero-order valence-electron chi connectivity index (χ0n) is 8.30. The first kappa shape index (κ1) is 12.4. The van der Waals surface area contributed by atoms with Crippen molar-refractivity contribution in [3.05, 3.63) is 24.3 Å². The topological polar surface area (TPSA) is 55.4 Å². The van der Waals surface area contributed by atoms with E-state index in [4.69, 9.17) is 0 Å². The van der Waals surface area contributed by atoms with Gasteiger partial charge in [-0.3, -0.25) is 0 Å². The molecule has 1 rings (SSSR count). The second-order valence-corrected chi connectivity index (χ2v) is 5.30. The van der Waals surface area contributed by atoms with Gasteiger partial charge in [0.15, 0.2) is 9.84 Å². The highest BCUT2D eigenvalue weighted by Gasteiger charge is 2.14. The van der Waals surface area contributed by atoms with Crippen LogP contribution >= 0.6 is 12.9 Å². The Labute approximate surface area is 95.2 Å². The summed E-state index contributed by atoms with van der Waals surface area (Å²) in [5, 5.41) is 2.88. The van der Waals surface area contributed by atoms with Crippen molar-refractivity contribution in [2.45, 2.75) is 4.90 Å². The van der Waals surface area contributed by atoms with Gasteiger partial charge in [-0.15, -0.1) is 0 Å². The molecule has 0 aliphatic carbocycles. The molecular formula is C9H13NO3S2. The molecule has 0 bridgehead atoms. The van der Waals surface area contributed by atoms with E-state index < -0.39 is 9.84 Å². The zero-order chi connectivity index (χ0) is 11.3. The third kappa shape index (κ3) is 3.40. The second-order valence-electron chi connectivity index (χ2n) is 2.93. The van der Waals surface area contributed by atoms with Crippen LogP contribution in [0.25, 0.3) is 0 Å². The lowest BCUT2D eigenvalue weighted by Gasteiger charge is -2.05. The van der Waals surface area contributed by atoms with Gasteiger partial charge in [-0.25, -0.2) is 8.42 Å². The predicted octanol–water partition coefficient (Wildman–Crippen LogP) is 1.36. The maximum Gasteiger partial charge on any atom is 0.180 e. The van der Waals surface area contributed by atoms with Gasteiger partial charge in [-0.05, 0) is 31.1 Å². The Kier molecular flexibility index (Phi) is 4.44. The van der Waals surface area contributed by atoms with Gasteiger partial charge < -0.3 is 9.50 Å². The number of anilines is 1. The van der Waals surface area contributed by atoms with E-state index in [0.717, 1.165) is 5.69 Å².